The Hall–Kier alpha value is -0.150. The summed E-state index contributed by atoms with van der Waals surface area (Å²) in [5.41, 5.74) is -1.46. The zero-order valence-electron chi connectivity index (χ0n) is 10.3. The molecule has 0 aliphatic rings. The van der Waals surface area contributed by atoms with Gasteiger partial charge in [-0.1, -0.05) is 0 Å². The molecule has 0 aliphatic carbocycles. The number of hydrogen-bond donors (Lipinski definition) is 3. The van der Waals surface area contributed by atoms with Gasteiger partial charge >= 0.3 is 0 Å². The molecule has 2 atom stereocenters. The highest BCUT2D eigenvalue weighted by Gasteiger charge is 2.25. The van der Waals surface area contributed by atoms with E-state index in [1.807, 2.05) is 14.2 Å². The highest BCUT2D eigenvalue weighted by molar-refractivity contribution is 7.90. The number of ether oxygens (including phenoxy) is 1. The average molecular weight is 338 g/mol. The van der Waals surface area contributed by atoms with Crippen molar-refractivity contribution in [3.05, 3.63) is 0 Å². The normalized spacial score (nSPS) is 16.2. The van der Waals surface area contributed by atoms with E-state index < -0.39 is 49.0 Å². The van der Waals surface area contributed by atoms with Gasteiger partial charge in [-0.3, -0.25) is 4.21 Å². The van der Waals surface area contributed by atoms with Crippen LogP contribution in [0.3, 0.4) is 0 Å². The molecule has 0 spiro atoms. The lowest BCUT2D eigenvalue weighted by molar-refractivity contribution is 0.165. The molecule has 0 aromatic rings. The van der Waals surface area contributed by atoms with Gasteiger partial charge in [0.1, 0.15) is 0 Å². The maximum atomic E-state index is 11.7. The molecule has 19 heavy (non-hydrogen) atoms. The van der Waals surface area contributed by atoms with Gasteiger partial charge in [-0.25, -0.2) is 31.0 Å². The van der Waals surface area contributed by atoms with Crippen LogP contribution < -0.4 is 14.2 Å². The maximum Gasteiger partial charge on any atom is 0.240 e. The first kappa shape index (κ1) is 18.9. The Morgan fingerprint density at radius 1 is 1.32 bits per heavy atom. The van der Waals surface area contributed by atoms with Gasteiger partial charge in [-0.2, -0.15) is 0 Å². The molecule has 10 nitrogen and oxygen atoms in total. The first-order valence-corrected chi connectivity index (χ1v) is 9.17. The molecule has 116 valence electrons. The van der Waals surface area contributed by atoms with Crippen molar-refractivity contribution in [1.82, 2.24) is 14.2 Å². The van der Waals surface area contributed by atoms with Gasteiger partial charge in [-0.05, 0) is 7.05 Å². The fourth-order valence-corrected chi connectivity index (χ4v) is 3.19. The van der Waals surface area contributed by atoms with Crippen molar-refractivity contribution < 1.29 is 30.3 Å². The first-order chi connectivity index (χ1) is 8.64. The van der Waals surface area contributed by atoms with Crippen LogP contribution in [0.25, 0.3) is 0 Å². The molecular formula is C6H16N3O7S3-. The third kappa shape index (κ3) is 7.88. The zero-order chi connectivity index (χ0) is 15.1. The summed E-state index contributed by atoms with van der Waals surface area (Å²) in [4.78, 5) is 0. The lowest BCUT2D eigenvalue weighted by atomic mass is 10.7. The van der Waals surface area contributed by atoms with Crippen molar-refractivity contribution in [2.75, 3.05) is 33.0 Å². The minimum atomic E-state index is -4.00. The van der Waals surface area contributed by atoms with E-state index in [4.69, 9.17) is 0 Å². The summed E-state index contributed by atoms with van der Waals surface area (Å²) in [6, 6.07) is 0. The number of rotatable bonds is 10. The Morgan fingerprint density at radius 2 is 1.89 bits per heavy atom. The van der Waals surface area contributed by atoms with Crippen molar-refractivity contribution in [2.24, 2.45) is 0 Å². The second kappa shape index (κ2) is 8.21. The first-order valence-electron chi connectivity index (χ1n) is 4.90. The zero-order valence-corrected chi connectivity index (χ0v) is 12.7. The van der Waals surface area contributed by atoms with E-state index in [0.717, 1.165) is 7.11 Å². The monoisotopic (exact) mass is 338 g/mol. The second-order valence-corrected chi connectivity index (χ2v) is 7.92. The number of sulfonamides is 2. The molecule has 0 bridgehead atoms. The smallest absolute Gasteiger partial charge is 0.240 e. The molecular weight excluding hydrogens is 322 g/mol. The molecule has 0 saturated carbocycles. The van der Waals surface area contributed by atoms with E-state index in [-0.39, 0.29) is 6.54 Å². The minimum Gasteiger partial charge on any atom is -0.760 e. The molecule has 2 unspecified atom stereocenters. The van der Waals surface area contributed by atoms with Crippen LogP contribution in [0.5, 0.6) is 0 Å². The lowest BCUT2D eigenvalue weighted by Gasteiger charge is -2.18. The summed E-state index contributed by atoms with van der Waals surface area (Å²) >= 11 is -2.62. The Morgan fingerprint density at radius 3 is 2.32 bits per heavy atom. The number of nitrogens with one attached hydrogen (secondary N) is 3. The average Bonchev–Trinajstić information content (AvgIpc) is 2.28. The van der Waals surface area contributed by atoms with Crippen LogP contribution in [0.15, 0.2) is 0 Å². The Labute approximate surface area is 114 Å². The minimum absolute atomic E-state index is 0.355. The molecule has 0 radical (unpaired) electrons. The van der Waals surface area contributed by atoms with Gasteiger partial charge in [0.15, 0.2) is 5.44 Å². The topological polar surface area (TPSA) is 154 Å². The summed E-state index contributed by atoms with van der Waals surface area (Å²) in [6.07, 6.45) is 0. The van der Waals surface area contributed by atoms with Crippen LogP contribution in [0.4, 0.5) is 0 Å². The van der Waals surface area contributed by atoms with Crippen molar-refractivity contribution >= 4 is 31.3 Å². The molecule has 0 aromatic carbocycles. The Bertz CT molecular complexity index is 488. The fourth-order valence-electron chi connectivity index (χ4n) is 0.969. The number of methoxy groups -OCH3 is 1. The molecule has 13 heteroatoms. The maximum absolute atomic E-state index is 11.7. The van der Waals surface area contributed by atoms with Crippen LogP contribution in [-0.4, -0.2) is 64.0 Å². The SMILES string of the molecule is CNS(=O)(=O)CCNS(=O)(=O)C(CNS(=O)[O-])OC. The molecule has 3 N–H and O–H groups in total. The molecule has 0 aromatic heterocycles. The van der Waals surface area contributed by atoms with E-state index in [1.165, 1.54) is 7.05 Å². The summed E-state index contributed by atoms with van der Waals surface area (Å²) < 4.78 is 76.5. The van der Waals surface area contributed by atoms with E-state index in [9.17, 15) is 25.6 Å². The summed E-state index contributed by atoms with van der Waals surface area (Å²) in [5.74, 6) is -0.444. The van der Waals surface area contributed by atoms with Crippen molar-refractivity contribution in [3.63, 3.8) is 0 Å². The van der Waals surface area contributed by atoms with E-state index in [2.05, 4.69) is 4.74 Å². The van der Waals surface area contributed by atoms with Crippen LogP contribution in [-0.2, 0) is 36.0 Å². The quantitative estimate of drug-likeness (QED) is 0.355. The van der Waals surface area contributed by atoms with Gasteiger partial charge in [0.05, 0.1) is 5.75 Å². The highest BCUT2D eigenvalue weighted by Crippen LogP contribution is 1.99. The van der Waals surface area contributed by atoms with Gasteiger partial charge < -0.3 is 9.29 Å². The Balaban J connectivity index is 4.46. The predicted molar refractivity (Wildman–Crippen MR) is 67.5 cm³/mol. The van der Waals surface area contributed by atoms with Gasteiger partial charge in [0.25, 0.3) is 0 Å². The van der Waals surface area contributed by atoms with Crippen molar-refractivity contribution in [3.8, 4) is 0 Å². The third-order valence-corrected chi connectivity index (χ3v) is 5.39. The Kier molecular flexibility index (Phi) is 8.14. The van der Waals surface area contributed by atoms with E-state index in [1.54, 1.807) is 0 Å². The van der Waals surface area contributed by atoms with Gasteiger partial charge in [-0.15, -0.1) is 0 Å². The van der Waals surface area contributed by atoms with Gasteiger partial charge in [0.2, 0.25) is 20.0 Å². The summed E-state index contributed by atoms with van der Waals surface area (Å²) in [6.45, 7) is -0.841. The largest absolute Gasteiger partial charge is 0.760 e. The lowest BCUT2D eigenvalue weighted by Crippen LogP contribution is -2.44. The van der Waals surface area contributed by atoms with Crippen LogP contribution in [0.2, 0.25) is 0 Å². The number of hydrogen-bond acceptors (Lipinski definition) is 7. The molecule has 0 fully saturated rings. The van der Waals surface area contributed by atoms with Crippen LogP contribution in [0, 0.1) is 0 Å². The second-order valence-electron chi connectivity index (χ2n) is 3.21. The van der Waals surface area contributed by atoms with Crippen molar-refractivity contribution in [2.45, 2.75) is 5.44 Å². The third-order valence-electron chi connectivity index (χ3n) is 1.96. The van der Waals surface area contributed by atoms with Crippen LogP contribution >= 0.6 is 0 Å². The molecule has 0 heterocycles. The molecule has 0 aliphatic heterocycles. The standard InChI is InChI=1S/C6H17N3O7S3/c1-7-18(12,13)4-3-9-19(14,15)6(16-2)5-8-17(10)11/h6-9H,3-5H2,1-2H3,(H,10,11)/p-1. The van der Waals surface area contributed by atoms with E-state index in [0.29, 0.717) is 0 Å². The molecule has 0 rings (SSSR count). The van der Waals surface area contributed by atoms with Crippen molar-refractivity contribution in [1.29, 1.82) is 0 Å². The summed E-state index contributed by atoms with van der Waals surface area (Å²) in [5, 5.41) is 0. The molecule has 0 saturated heterocycles. The summed E-state index contributed by atoms with van der Waals surface area (Å²) in [7, 11) is -5.24. The molecule has 0 amide bonds. The van der Waals surface area contributed by atoms with E-state index >= 15 is 0 Å². The predicted octanol–water partition coefficient (Wildman–Crippen LogP) is -3.19. The van der Waals surface area contributed by atoms with Gasteiger partial charge in [0, 0.05) is 31.5 Å². The highest BCUT2D eigenvalue weighted by atomic mass is 32.2. The van der Waals surface area contributed by atoms with Crippen LogP contribution in [0.1, 0.15) is 0 Å². The fraction of sp³-hybridized carbons (Fsp3) is 1.00.